The minimum absolute atomic E-state index is 0.163. The summed E-state index contributed by atoms with van der Waals surface area (Å²) in [6.45, 7) is 3.73. The fourth-order valence-electron chi connectivity index (χ4n) is 2.86. The smallest absolute Gasteiger partial charge is 0.319 e. The van der Waals surface area contributed by atoms with E-state index in [-0.39, 0.29) is 17.1 Å². The van der Waals surface area contributed by atoms with E-state index in [0.29, 0.717) is 5.56 Å². The summed E-state index contributed by atoms with van der Waals surface area (Å²) in [6.07, 6.45) is 0. The fourth-order valence-corrected chi connectivity index (χ4v) is 2.86. The SMILES string of the molecule is C=C1NC(=O)N[C@@H](c2ccc(F)cc2)[C@@H]1C(=O)Nc1cccc([N+](=O)[O-])c1. The molecule has 3 rings (SSSR count). The third-order valence-corrected chi connectivity index (χ3v) is 4.11. The molecule has 8 nitrogen and oxygen atoms in total. The number of urea groups is 1. The lowest BCUT2D eigenvalue weighted by molar-refractivity contribution is -0.384. The fraction of sp³-hybridized carbons (Fsp3) is 0.111. The Morgan fingerprint density at radius 2 is 1.93 bits per heavy atom. The molecular weight excluding hydrogens is 355 g/mol. The van der Waals surface area contributed by atoms with E-state index >= 15 is 0 Å². The number of nitrogens with zero attached hydrogens (tertiary/aromatic N) is 1. The van der Waals surface area contributed by atoms with Crippen LogP contribution in [0.4, 0.5) is 20.6 Å². The number of anilines is 1. The van der Waals surface area contributed by atoms with Crippen molar-refractivity contribution in [1.29, 1.82) is 0 Å². The van der Waals surface area contributed by atoms with Gasteiger partial charge in [0.15, 0.2) is 0 Å². The summed E-state index contributed by atoms with van der Waals surface area (Å²) in [7, 11) is 0. The third kappa shape index (κ3) is 3.92. The highest BCUT2D eigenvalue weighted by atomic mass is 19.1. The number of nitro groups is 1. The van der Waals surface area contributed by atoms with Crippen LogP contribution < -0.4 is 16.0 Å². The van der Waals surface area contributed by atoms with Crippen molar-refractivity contribution >= 4 is 23.3 Å². The van der Waals surface area contributed by atoms with Crippen LogP contribution >= 0.6 is 0 Å². The monoisotopic (exact) mass is 370 g/mol. The van der Waals surface area contributed by atoms with Crippen LogP contribution in [0.5, 0.6) is 0 Å². The van der Waals surface area contributed by atoms with E-state index in [4.69, 9.17) is 0 Å². The van der Waals surface area contributed by atoms with Gasteiger partial charge in [0.1, 0.15) is 11.7 Å². The Morgan fingerprint density at radius 1 is 1.22 bits per heavy atom. The van der Waals surface area contributed by atoms with Crippen LogP contribution in [-0.4, -0.2) is 16.9 Å². The Balaban J connectivity index is 1.88. The van der Waals surface area contributed by atoms with Gasteiger partial charge in [-0.25, -0.2) is 9.18 Å². The van der Waals surface area contributed by atoms with Gasteiger partial charge in [0, 0.05) is 23.5 Å². The highest BCUT2D eigenvalue weighted by molar-refractivity contribution is 5.97. The first-order valence-electron chi connectivity index (χ1n) is 7.92. The molecule has 138 valence electrons. The minimum Gasteiger partial charge on any atom is -0.330 e. The topological polar surface area (TPSA) is 113 Å². The average Bonchev–Trinajstić information content (AvgIpc) is 2.61. The second-order valence-corrected chi connectivity index (χ2v) is 5.93. The Morgan fingerprint density at radius 3 is 2.59 bits per heavy atom. The minimum atomic E-state index is -0.910. The molecule has 2 aromatic rings. The van der Waals surface area contributed by atoms with Crippen molar-refractivity contribution < 1.29 is 18.9 Å². The molecule has 3 N–H and O–H groups in total. The van der Waals surface area contributed by atoms with Gasteiger partial charge in [-0.1, -0.05) is 24.8 Å². The van der Waals surface area contributed by atoms with Crippen LogP contribution in [0.1, 0.15) is 11.6 Å². The van der Waals surface area contributed by atoms with E-state index in [1.807, 2.05) is 0 Å². The van der Waals surface area contributed by atoms with Crippen molar-refractivity contribution in [2.75, 3.05) is 5.32 Å². The number of benzene rings is 2. The maximum absolute atomic E-state index is 13.2. The average molecular weight is 370 g/mol. The van der Waals surface area contributed by atoms with E-state index < -0.39 is 34.6 Å². The van der Waals surface area contributed by atoms with Crippen LogP contribution in [0, 0.1) is 21.8 Å². The Kier molecular flexibility index (Phi) is 4.84. The van der Waals surface area contributed by atoms with E-state index in [1.165, 1.54) is 48.5 Å². The summed E-state index contributed by atoms with van der Waals surface area (Å²) >= 11 is 0. The summed E-state index contributed by atoms with van der Waals surface area (Å²) in [5, 5.41) is 18.6. The van der Waals surface area contributed by atoms with Crippen molar-refractivity contribution in [2.24, 2.45) is 5.92 Å². The summed E-state index contributed by atoms with van der Waals surface area (Å²) < 4.78 is 13.2. The molecule has 2 atom stereocenters. The molecule has 1 fully saturated rings. The van der Waals surface area contributed by atoms with Gasteiger partial charge in [0.05, 0.1) is 11.0 Å². The van der Waals surface area contributed by atoms with Crippen molar-refractivity contribution in [1.82, 2.24) is 10.6 Å². The number of rotatable bonds is 4. The quantitative estimate of drug-likeness (QED) is 0.567. The molecule has 2 aromatic carbocycles. The molecule has 0 unspecified atom stereocenters. The molecule has 0 aromatic heterocycles. The van der Waals surface area contributed by atoms with Crippen molar-refractivity contribution in [3.05, 3.63) is 82.3 Å². The van der Waals surface area contributed by atoms with E-state index in [2.05, 4.69) is 22.5 Å². The molecule has 27 heavy (non-hydrogen) atoms. The van der Waals surface area contributed by atoms with Gasteiger partial charge in [-0.15, -0.1) is 0 Å². The van der Waals surface area contributed by atoms with Crippen molar-refractivity contribution in [3.8, 4) is 0 Å². The molecule has 1 aliphatic heterocycles. The summed E-state index contributed by atoms with van der Waals surface area (Å²) in [5.74, 6) is -1.88. The number of hydrogen-bond donors (Lipinski definition) is 3. The molecule has 0 saturated carbocycles. The zero-order valence-electron chi connectivity index (χ0n) is 13.9. The predicted molar refractivity (Wildman–Crippen MR) is 95.2 cm³/mol. The van der Waals surface area contributed by atoms with Crippen LogP contribution in [0.2, 0.25) is 0 Å². The lowest BCUT2D eigenvalue weighted by Crippen LogP contribution is -2.51. The van der Waals surface area contributed by atoms with E-state index in [9.17, 15) is 24.1 Å². The molecule has 0 radical (unpaired) electrons. The molecule has 0 spiro atoms. The first-order valence-corrected chi connectivity index (χ1v) is 7.92. The summed E-state index contributed by atoms with van der Waals surface area (Å²) in [5.41, 5.74) is 0.746. The predicted octanol–water partition coefficient (Wildman–Crippen LogP) is 2.86. The maximum atomic E-state index is 13.2. The number of non-ortho nitro benzene ring substituents is 1. The van der Waals surface area contributed by atoms with Gasteiger partial charge in [0.25, 0.3) is 5.69 Å². The maximum Gasteiger partial charge on any atom is 0.319 e. The second kappa shape index (κ2) is 7.24. The Labute approximate surface area is 153 Å². The summed E-state index contributed by atoms with van der Waals surface area (Å²) in [4.78, 5) is 34.9. The summed E-state index contributed by atoms with van der Waals surface area (Å²) in [6, 6.07) is 9.55. The highest BCUT2D eigenvalue weighted by Crippen LogP contribution is 2.31. The van der Waals surface area contributed by atoms with Crippen LogP contribution in [-0.2, 0) is 4.79 Å². The van der Waals surface area contributed by atoms with Gasteiger partial charge in [-0.3, -0.25) is 14.9 Å². The molecule has 9 heteroatoms. The number of carbonyl (C=O) groups excluding carboxylic acids is 2. The number of nitrogens with one attached hydrogen (secondary N) is 3. The van der Waals surface area contributed by atoms with E-state index in [0.717, 1.165) is 0 Å². The lowest BCUT2D eigenvalue weighted by atomic mass is 9.88. The van der Waals surface area contributed by atoms with Gasteiger partial charge >= 0.3 is 6.03 Å². The third-order valence-electron chi connectivity index (χ3n) is 4.11. The Hall–Kier alpha value is -3.75. The van der Waals surface area contributed by atoms with Crippen LogP contribution in [0.15, 0.2) is 60.8 Å². The number of amides is 3. The van der Waals surface area contributed by atoms with Gasteiger partial charge in [0.2, 0.25) is 5.91 Å². The second-order valence-electron chi connectivity index (χ2n) is 5.93. The molecule has 1 saturated heterocycles. The lowest BCUT2D eigenvalue weighted by Gasteiger charge is -2.33. The van der Waals surface area contributed by atoms with Gasteiger partial charge < -0.3 is 16.0 Å². The molecule has 3 amide bonds. The zero-order chi connectivity index (χ0) is 19.6. The first kappa shape index (κ1) is 18.1. The molecule has 0 aliphatic carbocycles. The number of hydrogen-bond acceptors (Lipinski definition) is 4. The van der Waals surface area contributed by atoms with Crippen LogP contribution in [0.3, 0.4) is 0 Å². The molecule has 0 bridgehead atoms. The molecule has 1 aliphatic rings. The largest absolute Gasteiger partial charge is 0.330 e. The van der Waals surface area contributed by atoms with Gasteiger partial charge in [-0.05, 0) is 23.8 Å². The van der Waals surface area contributed by atoms with Crippen LogP contribution in [0.25, 0.3) is 0 Å². The molecular formula is C18H15FN4O4. The van der Waals surface area contributed by atoms with Crippen molar-refractivity contribution in [2.45, 2.75) is 6.04 Å². The van der Waals surface area contributed by atoms with Gasteiger partial charge in [-0.2, -0.15) is 0 Å². The first-order chi connectivity index (χ1) is 12.8. The standard InChI is InChI=1S/C18H15FN4O4/c1-10-15(17(24)21-13-3-2-4-14(9-13)23(26)27)16(22-18(25)20-10)11-5-7-12(19)8-6-11/h2-9,15-16H,1H2,(H,21,24)(H2,20,22,25)/t15-,16+/m1/s1. The number of halogens is 1. The highest BCUT2D eigenvalue weighted by Gasteiger charge is 2.37. The normalized spacial score (nSPS) is 19.0. The van der Waals surface area contributed by atoms with Crippen molar-refractivity contribution in [3.63, 3.8) is 0 Å². The molecule has 1 heterocycles. The van der Waals surface area contributed by atoms with E-state index in [1.54, 1.807) is 0 Å². The Bertz CT molecular complexity index is 929. The number of nitro benzene ring substituents is 1. The zero-order valence-corrected chi connectivity index (χ0v) is 13.9. The number of carbonyl (C=O) groups is 2.